The van der Waals surface area contributed by atoms with Crippen molar-refractivity contribution in [1.29, 1.82) is 0 Å². The molecular weight excluding hydrogens is 236 g/mol. The summed E-state index contributed by atoms with van der Waals surface area (Å²) in [5, 5.41) is 11.0. The van der Waals surface area contributed by atoms with Crippen LogP contribution in [0.2, 0.25) is 0 Å². The van der Waals surface area contributed by atoms with Gasteiger partial charge in [-0.1, -0.05) is 12.1 Å². The lowest BCUT2D eigenvalue weighted by atomic mass is 10.1. The third-order valence-electron chi connectivity index (χ3n) is 2.17. The van der Waals surface area contributed by atoms with Crippen LogP contribution in [-0.2, 0) is 9.59 Å². The minimum absolute atomic E-state index is 0.509. The summed E-state index contributed by atoms with van der Waals surface area (Å²) in [6.45, 7) is 0. The molecule has 0 aliphatic heterocycles. The van der Waals surface area contributed by atoms with Gasteiger partial charge < -0.3 is 14.8 Å². The zero-order valence-corrected chi connectivity index (χ0v) is 9.29. The maximum Gasteiger partial charge on any atom is 0.312 e. The predicted octanol–water partition coefficient (Wildman–Crippen LogP) is 1.75. The highest BCUT2D eigenvalue weighted by atomic mass is 16.4. The van der Waals surface area contributed by atoms with E-state index in [1.165, 1.54) is 6.39 Å². The van der Waals surface area contributed by atoms with Crippen molar-refractivity contribution in [3.05, 3.63) is 36.9 Å². The lowest BCUT2D eigenvalue weighted by molar-refractivity contribution is -0.139. The number of nitrogens with one attached hydrogen (secondary N) is 1. The summed E-state index contributed by atoms with van der Waals surface area (Å²) >= 11 is 0. The molecule has 6 nitrogen and oxygen atoms in total. The van der Waals surface area contributed by atoms with Crippen molar-refractivity contribution in [1.82, 2.24) is 4.98 Å². The van der Waals surface area contributed by atoms with E-state index in [2.05, 4.69) is 10.3 Å². The molecule has 0 saturated carbocycles. The Morgan fingerprint density at radius 1 is 1.39 bits per heavy atom. The molecule has 0 unspecified atom stereocenters. The number of aliphatic carboxylic acids is 1. The zero-order chi connectivity index (χ0) is 13.0. The Morgan fingerprint density at radius 2 is 2.22 bits per heavy atom. The summed E-state index contributed by atoms with van der Waals surface area (Å²) in [6.07, 6.45) is 2.30. The van der Waals surface area contributed by atoms with Gasteiger partial charge in [0.2, 0.25) is 5.91 Å². The molecule has 0 aliphatic carbocycles. The predicted molar refractivity (Wildman–Crippen MR) is 62.8 cm³/mol. The quantitative estimate of drug-likeness (QED) is 0.802. The number of nitrogens with zero attached hydrogens (tertiary/aromatic N) is 1. The van der Waals surface area contributed by atoms with Crippen LogP contribution in [0.15, 0.2) is 41.3 Å². The number of oxazole rings is 1. The number of aromatic nitrogens is 1. The molecule has 1 aromatic heterocycles. The molecule has 1 amide bonds. The van der Waals surface area contributed by atoms with Gasteiger partial charge >= 0.3 is 5.97 Å². The van der Waals surface area contributed by atoms with E-state index in [9.17, 15) is 9.59 Å². The second-order valence-corrected chi connectivity index (χ2v) is 3.57. The topological polar surface area (TPSA) is 92.4 Å². The molecule has 1 aromatic carbocycles. The molecule has 0 spiro atoms. The highest BCUT2D eigenvalue weighted by Crippen LogP contribution is 2.21. The number of amides is 1. The molecule has 0 aliphatic rings. The van der Waals surface area contributed by atoms with Gasteiger partial charge in [-0.2, -0.15) is 0 Å². The molecule has 0 bridgehead atoms. The van der Waals surface area contributed by atoms with Gasteiger partial charge in [-0.25, -0.2) is 4.98 Å². The average molecular weight is 246 g/mol. The number of benzene rings is 1. The van der Waals surface area contributed by atoms with Gasteiger partial charge in [0.15, 0.2) is 12.2 Å². The van der Waals surface area contributed by atoms with Crippen molar-refractivity contribution in [2.24, 2.45) is 0 Å². The van der Waals surface area contributed by atoms with Crippen LogP contribution in [0, 0.1) is 0 Å². The van der Waals surface area contributed by atoms with E-state index in [0.29, 0.717) is 11.4 Å². The van der Waals surface area contributed by atoms with Gasteiger partial charge in [-0.15, -0.1) is 0 Å². The summed E-state index contributed by atoms with van der Waals surface area (Å²) in [5.74, 6) is -1.17. The standard InChI is InChI=1S/C12H10N2O4/c15-11(5-12(16)17)14-9-3-1-2-8(4-9)10-6-13-7-18-10/h1-4,6-7H,5H2,(H,14,15)(H,16,17). The third-order valence-corrected chi connectivity index (χ3v) is 2.17. The number of hydrogen-bond acceptors (Lipinski definition) is 4. The average Bonchev–Trinajstić information content (AvgIpc) is 2.81. The first kappa shape index (κ1) is 11.8. The molecule has 2 N–H and O–H groups in total. The van der Waals surface area contributed by atoms with Crippen molar-refractivity contribution in [3.8, 4) is 11.3 Å². The molecule has 1 heterocycles. The minimum atomic E-state index is -1.17. The van der Waals surface area contributed by atoms with Crippen molar-refractivity contribution in [2.45, 2.75) is 6.42 Å². The fourth-order valence-electron chi connectivity index (χ4n) is 1.45. The summed E-state index contributed by atoms with van der Waals surface area (Å²) < 4.78 is 5.13. The van der Waals surface area contributed by atoms with Gasteiger partial charge in [0, 0.05) is 11.3 Å². The van der Waals surface area contributed by atoms with E-state index in [0.717, 1.165) is 5.56 Å². The SMILES string of the molecule is O=C(O)CC(=O)Nc1cccc(-c2cnco2)c1. The Morgan fingerprint density at radius 3 is 2.89 bits per heavy atom. The van der Waals surface area contributed by atoms with Crippen molar-refractivity contribution in [2.75, 3.05) is 5.32 Å². The molecule has 18 heavy (non-hydrogen) atoms. The first-order valence-corrected chi connectivity index (χ1v) is 5.16. The monoisotopic (exact) mass is 246 g/mol. The number of carboxylic acid groups (broad SMARTS) is 1. The van der Waals surface area contributed by atoms with Crippen LogP contribution in [0.4, 0.5) is 5.69 Å². The maximum absolute atomic E-state index is 11.3. The third kappa shape index (κ3) is 2.94. The molecule has 0 saturated heterocycles. The lowest BCUT2D eigenvalue weighted by Gasteiger charge is -2.04. The molecule has 2 rings (SSSR count). The summed E-state index contributed by atoms with van der Waals surface area (Å²) in [6, 6.07) is 6.88. The van der Waals surface area contributed by atoms with Crippen molar-refractivity contribution < 1.29 is 19.1 Å². The molecule has 0 fully saturated rings. The van der Waals surface area contributed by atoms with E-state index >= 15 is 0 Å². The first-order valence-electron chi connectivity index (χ1n) is 5.16. The van der Waals surface area contributed by atoms with Gasteiger partial charge in [-0.05, 0) is 12.1 Å². The Bertz CT molecular complexity index is 563. The van der Waals surface area contributed by atoms with E-state index in [1.807, 2.05) is 0 Å². The Labute approximate surface area is 102 Å². The van der Waals surface area contributed by atoms with Gasteiger partial charge in [-0.3, -0.25) is 9.59 Å². The van der Waals surface area contributed by atoms with Crippen LogP contribution >= 0.6 is 0 Å². The fraction of sp³-hybridized carbons (Fsp3) is 0.0833. The van der Waals surface area contributed by atoms with Gasteiger partial charge in [0.1, 0.15) is 6.42 Å². The molecule has 92 valence electrons. The van der Waals surface area contributed by atoms with E-state index in [-0.39, 0.29) is 0 Å². The van der Waals surface area contributed by atoms with Crippen molar-refractivity contribution >= 4 is 17.6 Å². The van der Waals surface area contributed by atoms with Crippen LogP contribution in [0.25, 0.3) is 11.3 Å². The second kappa shape index (κ2) is 5.13. The molecule has 2 aromatic rings. The summed E-state index contributed by atoms with van der Waals surface area (Å²) in [4.78, 5) is 25.5. The van der Waals surface area contributed by atoms with Gasteiger partial charge in [0.25, 0.3) is 0 Å². The molecule has 6 heteroatoms. The lowest BCUT2D eigenvalue weighted by Crippen LogP contribution is -2.15. The number of anilines is 1. The van der Waals surface area contributed by atoms with E-state index in [1.54, 1.807) is 30.5 Å². The normalized spacial score (nSPS) is 10.0. The Balaban J connectivity index is 2.13. The Hall–Kier alpha value is -2.63. The highest BCUT2D eigenvalue weighted by molar-refractivity contribution is 6.01. The first-order chi connectivity index (χ1) is 8.65. The number of carbonyl (C=O) groups is 2. The number of rotatable bonds is 4. The minimum Gasteiger partial charge on any atom is -0.481 e. The number of carbonyl (C=O) groups excluding carboxylic acids is 1. The van der Waals surface area contributed by atoms with Crippen LogP contribution in [0.5, 0.6) is 0 Å². The number of hydrogen-bond donors (Lipinski definition) is 2. The zero-order valence-electron chi connectivity index (χ0n) is 9.29. The van der Waals surface area contributed by atoms with Crippen LogP contribution in [0.1, 0.15) is 6.42 Å². The Kier molecular flexibility index (Phi) is 3.38. The van der Waals surface area contributed by atoms with Crippen LogP contribution in [-0.4, -0.2) is 22.0 Å². The van der Waals surface area contributed by atoms with Gasteiger partial charge in [0.05, 0.1) is 6.20 Å². The number of carboxylic acids is 1. The molecular formula is C12H10N2O4. The van der Waals surface area contributed by atoms with Crippen LogP contribution < -0.4 is 5.32 Å². The second-order valence-electron chi connectivity index (χ2n) is 3.57. The molecule has 0 radical (unpaired) electrons. The van der Waals surface area contributed by atoms with E-state index < -0.39 is 18.3 Å². The summed E-state index contributed by atoms with van der Waals surface area (Å²) in [5.41, 5.74) is 1.26. The van der Waals surface area contributed by atoms with E-state index in [4.69, 9.17) is 9.52 Å². The smallest absolute Gasteiger partial charge is 0.312 e. The molecule has 0 atom stereocenters. The van der Waals surface area contributed by atoms with Crippen molar-refractivity contribution in [3.63, 3.8) is 0 Å². The van der Waals surface area contributed by atoms with Crippen LogP contribution in [0.3, 0.4) is 0 Å². The summed E-state index contributed by atoms with van der Waals surface area (Å²) in [7, 11) is 0. The largest absolute Gasteiger partial charge is 0.481 e. The highest BCUT2D eigenvalue weighted by Gasteiger charge is 2.08. The maximum atomic E-state index is 11.3. The fourth-order valence-corrected chi connectivity index (χ4v) is 1.45.